The van der Waals surface area contributed by atoms with Gasteiger partial charge in [-0.2, -0.15) is 0 Å². The zero-order chi connectivity index (χ0) is 14.0. The molecule has 1 aromatic rings. The summed E-state index contributed by atoms with van der Waals surface area (Å²) < 4.78 is 27.5. The molecule has 19 heavy (non-hydrogen) atoms. The minimum Gasteiger partial charge on any atom is -0.361 e. The van der Waals surface area contributed by atoms with Gasteiger partial charge in [0.1, 0.15) is 11.5 Å². The van der Waals surface area contributed by atoms with Gasteiger partial charge in [0.25, 0.3) is 0 Å². The lowest BCUT2D eigenvalue weighted by Crippen LogP contribution is -2.43. The van der Waals surface area contributed by atoms with E-state index in [0.29, 0.717) is 24.4 Å². The Balaban J connectivity index is 1.86. The molecule has 1 aliphatic rings. The maximum absolute atomic E-state index is 11.9. The van der Waals surface area contributed by atoms with Crippen LogP contribution in [0.1, 0.15) is 17.9 Å². The summed E-state index contributed by atoms with van der Waals surface area (Å²) in [7, 11) is -1.36. The molecule has 2 rings (SSSR count). The molecule has 1 fully saturated rings. The van der Waals surface area contributed by atoms with Crippen molar-refractivity contribution in [3.63, 3.8) is 0 Å². The summed E-state index contributed by atoms with van der Waals surface area (Å²) in [4.78, 5) is 13.3. The zero-order valence-electron chi connectivity index (χ0n) is 10.9. The normalized spacial score (nSPS) is 21.3. The number of urea groups is 1. The van der Waals surface area contributed by atoms with Crippen LogP contribution >= 0.6 is 0 Å². The number of amides is 2. The highest BCUT2D eigenvalue weighted by molar-refractivity contribution is 7.91. The second kappa shape index (κ2) is 5.20. The molecule has 106 valence electrons. The van der Waals surface area contributed by atoms with E-state index in [1.807, 2.05) is 0 Å². The van der Waals surface area contributed by atoms with Crippen LogP contribution in [0.15, 0.2) is 10.6 Å². The fourth-order valence-electron chi connectivity index (χ4n) is 2.00. The lowest BCUT2D eigenvalue weighted by molar-refractivity contribution is 0.202. The molecule has 8 heteroatoms. The van der Waals surface area contributed by atoms with E-state index >= 15 is 0 Å². The van der Waals surface area contributed by atoms with Crippen molar-refractivity contribution in [1.29, 1.82) is 0 Å². The first-order chi connectivity index (χ1) is 8.85. The van der Waals surface area contributed by atoms with Gasteiger partial charge >= 0.3 is 6.03 Å². The van der Waals surface area contributed by atoms with Crippen molar-refractivity contribution in [1.82, 2.24) is 15.4 Å². The first-order valence-electron chi connectivity index (χ1n) is 6.00. The Hall–Kier alpha value is -1.57. The molecule has 7 nitrogen and oxygen atoms in total. The number of aromatic nitrogens is 1. The van der Waals surface area contributed by atoms with E-state index in [9.17, 15) is 13.2 Å². The van der Waals surface area contributed by atoms with E-state index < -0.39 is 9.84 Å². The predicted molar refractivity (Wildman–Crippen MR) is 68.3 cm³/mol. The standard InChI is InChI=1S/C11H17N3O4S/c1-8-5-10(13-18-8)6-14(2)11(15)12-9-3-4-19(16,17)7-9/h5,9H,3-4,6-7H2,1-2H3,(H,12,15)/t9-/m1/s1. The lowest BCUT2D eigenvalue weighted by atomic mass is 10.3. The van der Waals surface area contributed by atoms with Gasteiger partial charge in [0, 0.05) is 19.2 Å². The van der Waals surface area contributed by atoms with Crippen LogP contribution in [0.2, 0.25) is 0 Å². The van der Waals surface area contributed by atoms with Crippen LogP contribution in [-0.4, -0.2) is 49.1 Å². The third-order valence-corrected chi connectivity index (χ3v) is 4.75. The zero-order valence-corrected chi connectivity index (χ0v) is 11.7. The summed E-state index contributed by atoms with van der Waals surface area (Å²) >= 11 is 0. The summed E-state index contributed by atoms with van der Waals surface area (Å²) in [6.07, 6.45) is 0.477. The van der Waals surface area contributed by atoms with Gasteiger partial charge in [-0.25, -0.2) is 13.2 Å². The molecular weight excluding hydrogens is 270 g/mol. The number of aryl methyl sites for hydroxylation is 1. The molecule has 1 N–H and O–H groups in total. The number of carbonyl (C=O) groups is 1. The van der Waals surface area contributed by atoms with Gasteiger partial charge in [-0.3, -0.25) is 0 Å². The smallest absolute Gasteiger partial charge is 0.317 e. The molecule has 1 aliphatic heterocycles. The number of sulfone groups is 1. The molecule has 1 saturated heterocycles. The van der Waals surface area contributed by atoms with Crippen LogP contribution in [0.5, 0.6) is 0 Å². The Morgan fingerprint density at radius 1 is 1.63 bits per heavy atom. The summed E-state index contributed by atoms with van der Waals surface area (Å²) in [6.45, 7) is 2.10. The summed E-state index contributed by atoms with van der Waals surface area (Å²) in [5, 5.41) is 6.51. The Morgan fingerprint density at radius 3 is 2.89 bits per heavy atom. The van der Waals surface area contributed by atoms with Crippen molar-refractivity contribution in [3.8, 4) is 0 Å². The molecule has 0 bridgehead atoms. The Labute approximate surface area is 111 Å². The van der Waals surface area contributed by atoms with E-state index in [1.165, 1.54) is 4.90 Å². The second-order valence-corrected chi connectivity index (χ2v) is 7.06. The Morgan fingerprint density at radius 2 is 2.37 bits per heavy atom. The van der Waals surface area contributed by atoms with Crippen LogP contribution in [0.25, 0.3) is 0 Å². The van der Waals surface area contributed by atoms with Crippen LogP contribution < -0.4 is 5.32 Å². The topological polar surface area (TPSA) is 92.5 Å². The van der Waals surface area contributed by atoms with Gasteiger partial charge in [-0.05, 0) is 13.3 Å². The highest BCUT2D eigenvalue weighted by Crippen LogP contribution is 2.12. The molecular formula is C11H17N3O4S. The average molecular weight is 287 g/mol. The number of hydrogen-bond donors (Lipinski definition) is 1. The molecule has 0 saturated carbocycles. The molecule has 0 aliphatic carbocycles. The van der Waals surface area contributed by atoms with Gasteiger partial charge in [-0.1, -0.05) is 5.16 Å². The highest BCUT2D eigenvalue weighted by Gasteiger charge is 2.29. The fraction of sp³-hybridized carbons (Fsp3) is 0.636. The molecule has 2 heterocycles. The van der Waals surface area contributed by atoms with Gasteiger partial charge < -0.3 is 14.7 Å². The van der Waals surface area contributed by atoms with Gasteiger partial charge in [0.15, 0.2) is 9.84 Å². The van der Waals surface area contributed by atoms with Crippen LogP contribution in [0.3, 0.4) is 0 Å². The van der Waals surface area contributed by atoms with E-state index in [2.05, 4.69) is 10.5 Å². The summed E-state index contributed by atoms with van der Waals surface area (Å²) in [5.74, 6) is 0.852. The van der Waals surface area contributed by atoms with Crippen molar-refractivity contribution >= 4 is 15.9 Å². The van der Waals surface area contributed by atoms with Crippen molar-refractivity contribution in [2.75, 3.05) is 18.6 Å². The summed E-state index contributed by atoms with van der Waals surface area (Å²) in [5.41, 5.74) is 0.661. The van der Waals surface area contributed by atoms with Gasteiger partial charge in [0.2, 0.25) is 0 Å². The predicted octanol–water partition coefficient (Wildman–Crippen LogP) is 0.312. The third kappa shape index (κ3) is 3.69. The van der Waals surface area contributed by atoms with Crippen LogP contribution in [0.4, 0.5) is 4.79 Å². The van der Waals surface area contributed by atoms with Crippen LogP contribution in [-0.2, 0) is 16.4 Å². The molecule has 0 spiro atoms. The third-order valence-electron chi connectivity index (χ3n) is 2.98. The first-order valence-corrected chi connectivity index (χ1v) is 7.82. The minimum absolute atomic E-state index is 0.0235. The van der Waals surface area contributed by atoms with E-state index in [0.717, 1.165) is 0 Å². The molecule has 1 aromatic heterocycles. The fourth-order valence-corrected chi connectivity index (χ4v) is 3.67. The molecule has 0 radical (unpaired) electrons. The average Bonchev–Trinajstić information content (AvgIpc) is 2.85. The molecule has 2 amide bonds. The lowest BCUT2D eigenvalue weighted by Gasteiger charge is -2.19. The number of nitrogens with zero attached hydrogens (tertiary/aromatic N) is 2. The van der Waals surface area contributed by atoms with Crippen molar-refractivity contribution < 1.29 is 17.7 Å². The Kier molecular flexibility index (Phi) is 3.79. The number of carbonyl (C=O) groups excluding carboxylic acids is 1. The molecule has 0 aromatic carbocycles. The highest BCUT2D eigenvalue weighted by atomic mass is 32.2. The molecule has 0 unspecified atom stereocenters. The summed E-state index contributed by atoms with van der Waals surface area (Å²) in [6, 6.07) is 1.16. The maximum Gasteiger partial charge on any atom is 0.317 e. The number of hydrogen-bond acceptors (Lipinski definition) is 5. The maximum atomic E-state index is 11.9. The van der Waals surface area contributed by atoms with E-state index in [1.54, 1.807) is 20.0 Å². The quantitative estimate of drug-likeness (QED) is 0.863. The Bertz CT molecular complexity index is 566. The number of rotatable bonds is 3. The van der Waals surface area contributed by atoms with E-state index in [4.69, 9.17) is 4.52 Å². The van der Waals surface area contributed by atoms with E-state index in [-0.39, 0.29) is 23.6 Å². The van der Waals surface area contributed by atoms with Gasteiger partial charge in [0.05, 0.1) is 18.1 Å². The largest absolute Gasteiger partial charge is 0.361 e. The first kappa shape index (κ1) is 13.9. The minimum atomic E-state index is -2.98. The van der Waals surface area contributed by atoms with Gasteiger partial charge in [-0.15, -0.1) is 0 Å². The monoisotopic (exact) mass is 287 g/mol. The molecule has 1 atom stereocenters. The van der Waals surface area contributed by atoms with Crippen molar-refractivity contribution in [2.24, 2.45) is 0 Å². The van der Waals surface area contributed by atoms with Crippen LogP contribution in [0, 0.1) is 6.92 Å². The van der Waals surface area contributed by atoms with Crippen molar-refractivity contribution in [2.45, 2.75) is 25.9 Å². The number of nitrogens with one attached hydrogen (secondary N) is 1. The SMILES string of the molecule is Cc1cc(CN(C)C(=O)N[C@@H]2CCS(=O)(=O)C2)no1. The second-order valence-electron chi connectivity index (χ2n) is 4.83. The van der Waals surface area contributed by atoms with Crippen molar-refractivity contribution in [3.05, 3.63) is 17.5 Å².